The molecule has 84 valence electrons. The van der Waals surface area contributed by atoms with Crippen LogP contribution in [0.4, 0.5) is 0 Å². The molecule has 0 aliphatic carbocycles. The van der Waals surface area contributed by atoms with Crippen molar-refractivity contribution < 1.29 is 0 Å². The Morgan fingerprint density at radius 3 is 2.60 bits per heavy atom. The molecule has 1 aromatic carbocycles. The summed E-state index contributed by atoms with van der Waals surface area (Å²) in [5.41, 5.74) is 2.51. The number of rotatable bonds is 5. The summed E-state index contributed by atoms with van der Waals surface area (Å²) in [6, 6.07) is 6.77. The predicted octanol–water partition coefficient (Wildman–Crippen LogP) is 4.10. The highest BCUT2D eigenvalue weighted by molar-refractivity contribution is 6.31. The summed E-state index contributed by atoms with van der Waals surface area (Å²) in [5.74, 6) is 0. The molecule has 0 radical (unpaired) electrons. The van der Waals surface area contributed by atoms with Crippen LogP contribution in [0.5, 0.6) is 0 Å². The lowest BCUT2D eigenvalue weighted by Gasteiger charge is -2.18. The number of nitrogens with one attached hydrogen (secondary N) is 1. The molecule has 0 bridgehead atoms. The van der Waals surface area contributed by atoms with Crippen molar-refractivity contribution in [2.24, 2.45) is 0 Å². The van der Waals surface area contributed by atoms with E-state index in [1.807, 2.05) is 6.07 Å². The average Bonchev–Trinajstić information content (AvgIpc) is 2.22. The van der Waals surface area contributed by atoms with E-state index in [0.29, 0.717) is 6.04 Å². The Labute approximate surface area is 97.8 Å². The Bertz CT molecular complexity index is 303. The van der Waals surface area contributed by atoms with Crippen LogP contribution in [-0.4, -0.2) is 6.54 Å². The highest BCUT2D eigenvalue weighted by Gasteiger charge is 2.09. The minimum absolute atomic E-state index is 0.468. The van der Waals surface area contributed by atoms with Crippen LogP contribution >= 0.6 is 11.6 Å². The molecule has 1 rings (SSSR count). The molecule has 0 aliphatic heterocycles. The zero-order valence-corrected chi connectivity index (χ0v) is 10.6. The second kappa shape index (κ2) is 6.14. The molecule has 0 fully saturated rings. The van der Waals surface area contributed by atoms with Gasteiger partial charge in [-0.3, -0.25) is 0 Å². The van der Waals surface area contributed by atoms with Crippen molar-refractivity contribution in [2.45, 2.75) is 39.7 Å². The molecular formula is C13H20ClN. The highest BCUT2D eigenvalue weighted by Crippen LogP contribution is 2.23. The van der Waals surface area contributed by atoms with Crippen LogP contribution in [0.2, 0.25) is 5.02 Å². The first-order valence-corrected chi connectivity index (χ1v) is 6.06. The molecule has 1 N–H and O–H groups in total. The number of hydrogen-bond donors (Lipinski definition) is 1. The summed E-state index contributed by atoms with van der Waals surface area (Å²) in [7, 11) is 0. The first kappa shape index (κ1) is 12.5. The standard InChI is InChI=1S/C13H20ClN/c1-4-6-13(15-5-2)11-7-8-12(14)10(3)9-11/h7-9,13,15H,4-6H2,1-3H3. The Hall–Kier alpha value is -0.530. The van der Waals surface area contributed by atoms with Gasteiger partial charge in [-0.15, -0.1) is 0 Å². The summed E-state index contributed by atoms with van der Waals surface area (Å²) >= 11 is 6.02. The van der Waals surface area contributed by atoms with Crippen molar-refractivity contribution in [3.63, 3.8) is 0 Å². The molecule has 0 aromatic heterocycles. The van der Waals surface area contributed by atoms with Crippen LogP contribution in [0.3, 0.4) is 0 Å². The van der Waals surface area contributed by atoms with Gasteiger partial charge in [0.25, 0.3) is 0 Å². The molecular weight excluding hydrogens is 206 g/mol. The van der Waals surface area contributed by atoms with Crippen molar-refractivity contribution in [3.05, 3.63) is 34.3 Å². The van der Waals surface area contributed by atoms with Gasteiger partial charge in [-0.2, -0.15) is 0 Å². The SMILES string of the molecule is CCCC(NCC)c1ccc(Cl)c(C)c1. The van der Waals surface area contributed by atoms with E-state index in [0.717, 1.165) is 17.1 Å². The quantitative estimate of drug-likeness (QED) is 0.796. The molecule has 0 spiro atoms. The molecule has 0 saturated carbocycles. The van der Waals surface area contributed by atoms with Gasteiger partial charge in [0.05, 0.1) is 0 Å². The van der Waals surface area contributed by atoms with E-state index in [1.165, 1.54) is 18.4 Å². The number of benzene rings is 1. The van der Waals surface area contributed by atoms with Crippen molar-refractivity contribution in [2.75, 3.05) is 6.54 Å². The topological polar surface area (TPSA) is 12.0 Å². The molecule has 1 aromatic rings. The molecule has 1 nitrogen and oxygen atoms in total. The minimum atomic E-state index is 0.468. The Balaban J connectivity index is 2.85. The van der Waals surface area contributed by atoms with E-state index in [-0.39, 0.29) is 0 Å². The molecule has 2 heteroatoms. The van der Waals surface area contributed by atoms with Gasteiger partial charge >= 0.3 is 0 Å². The smallest absolute Gasteiger partial charge is 0.0435 e. The summed E-state index contributed by atoms with van der Waals surface area (Å²) < 4.78 is 0. The van der Waals surface area contributed by atoms with Crippen LogP contribution in [0.1, 0.15) is 43.9 Å². The third-order valence-corrected chi connectivity index (χ3v) is 3.04. The fourth-order valence-electron chi connectivity index (χ4n) is 1.81. The Kier molecular flexibility index (Phi) is 5.13. The summed E-state index contributed by atoms with van der Waals surface area (Å²) in [6.07, 6.45) is 2.37. The third-order valence-electron chi connectivity index (χ3n) is 2.61. The first-order valence-electron chi connectivity index (χ1n) is 5.68. The van der Waals surface area contributed by atoms with Crippen LogP contribution in [0.15, 0.2) is 18.2 Å². The van der Waals surface area contributed by atoms with Crippen LogP contribution < -0.4 is 5.32 Å². The third kappa shape index (κ3) is 3.51. The number of hydrogen-bond acceptors (Lipinski definition) is 1. The maximum atomic E-state index is 6.02. The molecule has 1 unspecified atom stereocenters. The number of aryl methyl sites for hydroxylation is 1. The van der Waals surface area contributed by atoms with Gasteiger partial charge in [-0.05, 0) is 37.1 Å². The lowest BCUT2D eigenvalue weighted by molar-refractivity contribution is 0.509. The Morgan fingerprint density at radius 1 is 1.33 bits per heavy atom. The maximum Gasteiger partial charge on any atom is 0.0435 e. The lowest BCUT2D eigenvalue weighted by atomic mass is 10.0. The monoisotopic (exact) mass is 225 g/mol. The van der Waals surface area contributed by atoms with E-state index in [9.17, 15) is 0 Å². The van der Waals surface area contributed by atoms with E-state index in [2.05, 4.69) is 38.2 Å². The van der Waals surface area contributed by atoms with Crippen molar-refractivity contribution in [3.8, 4) is 0 Å². The minimum Gasteiger partial charge on any atom is -0.310 e. The predicted molar refractivity (Wildman–Crippen MR) is 67.5 cm³/mol. The fraction of sp³-hybridized carbons (Fsp3) is 0.538. The molecule has 0 amide bonds. The maximum absolute atomic E-state index is 6.02. The van der Waals surface area contributed by atoms with Crippen LogP contribution in [-0.2, 0) is 0 Å². The van der Waals surface area contributed by atoms with Crippen molar-refractivity contribution in [1.82, 2.24) is 5.32 Å². The highest BCUT2D eigenvalue weighted by atomic mass is 35.5. The van der Waals surface area contributed by atoms with Gasteiger partial charge in [0.1, 0.15) is 0 Å². The van der Waals surface area contributed by atoms with E-state index < -0.39 is 0 Å². The van der Waals surface area contributed by atoms with Gasteiger partial charge in [-0.25, -0.2) is 0 Å². The van der Waals surface area contributed by atoms with Gasteiger partial charge in [0.15, 0.2) is 0 Å². The molecule has 0 aliphatic rings. The fourth-order valence-corrected chi connectivity index (χ4v) is 1.92. The van der Waals surface area contributed by atoms with Gasteiger partial charge in [-0.1, -0.05) is 44.0 Å². The molecule has 0 heterocycles. The molecule has 1 atom stereocenters. The zero-order valence-electron chi connectivity index (χ0n) is 9.81. The van der Waals surface area contributed by atoms with E-state index in [1.54, 1.807) is 0 Å². The molecule has 0 saturated heterocycles. The average molecular weight is 226 g/mol. The van der Waals surface area contributed by atoms with Gasteiger partial charge in [0, 0.05) is 11.1 Å². The summed E-state index contributed by atoms with van der Waals surface area (Å²) in [4.78, 5) is 0. The Morgan fingerprint density at radius 2 is 2.07 bits per heavy atom. The first-order chi connectivity index (χ1) is 7.19. The van der Waals surface area contributed by atoms with Crippen molar-refractivity contribution >= 4 is 11.6 Å². The number of halogens is 1. The van der Waals surface area contributed by atoms with Crippen molar-refractivity contribution in [1.29, 1.82) is 0 Å². The summed E-state index contributed by atoms with van der Waals surface area (Å²) in [6.45, 7) is 7.42. The lowest BCUT2D eigenvalue weighted by Crippen LogP contribution is -2.20. The zero-order chi connectivity index (χ0) is 11.3. The van der Waals surface area contributed by atoms with Crippen LogP contribution in [0, 0.1) is 6.92 Å². The largest absolute Gasteiger partial charge is 0.310 e. The molecule has 15 heavy (non-hydrogen) atoms. The van der Waals surface area contributed by atoms with Gasteiger partial charge in [0.2, 0.25) is 0 Å². The van der Waals surface area contributed by atoms with Gasteiger partial charge < -0.3 is 5.32 Å². The second-order valence-corrected chi connectivity index (χ2v) is 4.31. The normalized spacial score (nSPS) is 12.8. The summed E-state index contributed by atoms with van der Waals surface area (Å²) in [5, 5.41) is 4.36. The second-order valence-electron chi connectivity index (χ2n) is 3.91. The van der Waals surface area contributed by atoms with E-state index in [4.69, 9.17) is 11.6 Å². The van der Waals surface area contributed by atoms with Crippen LogP contribution in [0.25, 0.3) is 0 Å². The van der Waals surface area contributed by atoms with E-state index >= 15 is 0 Å².